The highest BCUT2D eigenvalue weighted by Crippen LogP contribution is 2.45. The number of hydrogen-bond donors (Lipinski definition) is 0. The summed E-state index contributed by atoms with van der Waals surface area (Å²) in [7, 11) is 0. The molecule has 3 heterocycles. The molecule has 5 nitrogen and oxygen atoms in total. The Morgan fingerprint density at radius 1 is 0.893 bits per heavy atom. The fraction of sp³-hybridized carbons (Fsp3) is 0.174. The van der Waals surface area contributed by atoms with Crippen molar-refractivity contribution in [3.8, 4) is 11.3 Å². The van der Waals surface area contributed by atoms with Crippen molar-refractivity contribution in [2.75, 3.05) is 0 Å². The van der Waals surface area contributed by atoms with E-state index in [-0.39, 0.29) is 6.17 Å². The Morgan fingerprint density at radius 3 is 2.43 bits per heavy atom. The second kappa shape index (κ2) is 7.37. The number of rotatable bonds is 5. The highest BCUT2D eigenvalue weighted by atomic mass is 15.5. The van der Waals surface area contributed by atoms with Crippen LogP contribution in [0.25, 0.3) is 11.3 Å². The molecule has 0 amide bonds. The van der Waals surface area contributed by atoms with Crippen molar-refractivity contribution in [3.05, 3.63) is 103 Å². The van der Waals surface area contributed by atoms with E-state index >= 15 is 0 Å². The number of benzene rings is 2. The third kappa shape index (κ3) is 3.21. The van der Waals surface area contributed by atoms with E-state index in [1.165, 1.54) is 11.1 Å². The van der Waals surface area contributed by atoms with Gasteiger partial charge in [0, 0.05) is 37.0 Å². The largest absolute Gasteiger partial charge is 0.270 e. The van der Waals surface area contributed by atoms with Gasteiger partial charge >= 0.3 is 0 Å². The van der Waals surface area contributed by atoms with E-state index in [2.05, 4.69) is 74.9 Å². The summed E-state index contributed by atoms with van der Waals surface area (Å²) in [5.41, 5.74) is 4.54. The summed E-state index contributed by atoms with van der Waals surface area (Å²) in [5, 5.41) is 8.85. The third-order valence-corrected chi connectivity index (χ3v) is 5.38. The summed E-state index contributed by atoms with van der Waals surface area (Å²) >= 11 is 0. The summed E-state index contributed by atoms with van der Waals surface area (Å²) in [6.45, 7) is 0.867. The number of nitrogens with zero attached hydrogens (tertiary/aromatic N) is 5. The van der Waals surface area contributed by atoms with Gasteiger partial charge in [-0.15, -0.1) is 5.10 Å². The van der Waals surface area contributed by atoms with Crippen molar-refractivity contribution in [2.45, 2.75) is 25.2 Å². The lowest BCUT2D eigenvalue weighted by Gasteiger charge is -2.48. The van der Waals surface area contributed by atoms with E-state index in [1.54, 1.807) is 0 Å². The molecule has 0 aliphatic carbocycles. The molecule has 1 saturated heterocycles. The minimum absolute atomic E-state index is 0.190. The fourth-order valence-corrected chi connectivity index (χ4v) is 3.87. The van der Waals surface area contributed by atoms with Crippen LogP contribution in [0.2, 0.25) is 0 Å². The number of pyridine rings is 1. The predicted octanol–water partition coefficient (Wildman–Crippen LogP) is 4.49. The molecule has 1 aliphatic rings. The molecular formula is C23H21N5. The van der Waals surface area contributed by atoms with Crippen molar-refractivity contribution in [3.63, 3.8) is 0 Å². The summed E-state index contributed by atoms with van der Waals surface area (Å²) in [4.78, 5) is 6.78. The SMILES string of the molecule is c1ccc(CN2[C@H](c3cccnc3)C[C@@H]2n2cc(-c3ccccc3)nn2)cc1. The molecule has 5 rings (SSSR count). The van der Waals surface area contributed by atoms with Gasteiger partial charge in [-0.05, 0) is 17.2 Å². The minimum atomic E-state index is 0.190. The van der Waals surface area contributed by atoms with Gasteiger partial charge in [0.25, 0.3) is 0 Å². The van der Waals surface area contributed by atoms with Crippen molar-refractivity contribution < 1.29 is 0 Å². The van der Waals surface area contributed by atoms with Gasteiger partial charge < -0.3 is 0 Å². The van der Waals surface area contributed by atoms with Gasteiger partial charge in [-0.25, -0.2) is 4.68 Å². The highest BCUT2D eigenvalue weighted by Gasteiger charge is 2.41. The average molecular weight is 367 g/mol. The Bertz CT molecular complexity index is 1030. The van der Waals surface area contributed by atoms with E-state index in [1.807, 2.05) is 41.3 Å². The molecule has 0 radical (unpaired) electrons. The van der Waals surface area contributed by atoms with E-state index in [0.29, 0.717) is 6.04 Å². The zero-order valence-electron chi connectivity index (χ0n) is 15.5. The molecule has 2 aromatic heterocycles. The standard InChI is InChI=1S/C23H21N5/c1-3-8-18(9-4-1)16-27-22(20-12-7-13-24-15-20)14-23(27)28-17-21(25-26-28)19-10-5-2-6-11-19/h1-13,15,17,22-23H,14,16H2/t22-,23-/m0/s1. The van der Waals surface area contributed by atoms with Crippen molar-refractivity contribution >= 4 is 0 Å². The van der Waals surface area contributed by atoms with Gasteiger partial charge in [0.1, 0.15) is 11.9 Å². The van der Waals surface area contributed by atoms with Crippen LogP contribution in [0, 0.1) is 0 Å². The van der Waals surface area contributed by atoms with Crippen LogP contribution in [-0.2, 0) is 6.54 Å². The van der Waals surface area contributed by atoms with Crippen LogP contribution in [0.15, 0.2) is 91.4 Å². The lowest BCUT2D eigenvalue weighted by Crippen LogP contribution is -2.46. The molecule has 0 spiro atoms. The van der Waals surface area contributed by atoms with Crippen LogP contribution < -0.4 is 0 Å². The maximum Gasteiger partial charge on any atom is 0.113 e. The summed E-state index contributed by atoms with van der Waals surface area (Å²) < 4.78 is 2.00. The molecule has 138 valence electrons. The molecule has 1 fully saturated rings. The van der Waals surface area contributed by atoms with E-state index in [0.717, 1.165) is 24.2 Å². The molecule has 0 N–H and O–H groups in total. The minimum Gasteiger partial charge on any atom is -0.270 e. The Labute approximate surface area is 164 Å². The Hall–Kier alpha value is -3.31. The molecule has 5 heteroatoms. The molecule has 0 bridgehead atoms. The second-order valence-electron chi connectivity index (χ2n) is 7.13. The smallest absolute Gasteiger partial charge is 0.113 e. The Balaban J connectivity index is 1.43. The molecule has 4 aromatic rings. The monoisotopic (exact) mass is 367 g/mol. The molecule has 2 aromatic carbocycles. The maximum absolute atomic E-state index is 4.44. The summed E-state index contributed by atoms with van der Waals surface area (Å²) in [5.74, 6) is 0. The molecule has 1 aliphatic heterocycles. The van der Waals surface area contributed by atoms with Crippen molar-refractivity contribution in [1.29, 1.82) is 0 Å². The van der Waals surface area contributed by atoms with E-state index in [9.17, 15) is 0 Å². The summed E-state index contributed by atoms with van der Waals surface area (Å²) in [6.07, 6.45) is 7.03. The van der Waals surface area contributed by atoms with Crippen LogP contribution in [0.3, 0.4) is 0 Å². The Morgan fingerprint density at radius 2 is 1.68 bits per heavy atom. The fourth-order valence-electron chi connectivity index (χ4n) is 3.87. The number of likely N-dealkylation sites (tertiary alicyclic amines) is 1. The normalized spacial score (nSPS) is 19.3. The number of aromatic nitrogens is 4. The van der Waals surface area contributed by atoms with Crippen LogP contribution in [-0.4, -0.2) is 24.9 Å². The second-order valence-corrected chi connectivity index (χ2v) is 7.13. The van der Waals surface area contributed by atoms with Crippen LogP contribution in [0.4, 0.5) is 0 Å². The molecule has 2 atom stereocenters. The van der Waals surface area contributed by atoms with Gasteiger partial charge in [-0.1, -0.05) is 71.9 Å². The number of hydrogen-bond acceptors (Lipinski definition) is 4. The van der Waals surface area contributed by atoms with Crippen molar-refractivity contribution in [1.82, 2.24) is 24.9 Å². The van der Waals surface area contributed by atoms with Crippen molar-refractivity contribution in [2.24, 2.45) is 0 Å². The predicted molar refractivity (Wildman–Crippen MR) is 108 cm³/mol. The van der Waals surface area contributed by atoms with Crippen LogP contribution >= 0.6 is 0 Å². The molecule has 0 unspecified atom stereocenters. The first-order chi connectivity index (χ1) is 13.9. The molecular weight excluding hydrogens is 346 g/mol. The zero-order chi connectivity index (χ0) is 18.8. The topological polar surface area (TPSA) is 46.8 Å². The van der Waals surface area contributed by atoms with E-state index < -0.39 is 0 Å². The highest BCUT2D eigenvalue weighted by molar-refractivity contribution is 5.57. The lowest BCUT2D eigenvalue weighted by atomic mass is 9.91. The Kier molecular flexibility index (Phi) is 4.43. The third-order valence-electron chi connectivity index (χ3n) is 5.38. The first-order valence-corrected chi connectivity index (χ1v) is 9.55. The van der Waals surface area contributed by atoms with Crippen LogP contribution in [0.5, 0.6) is 0 Å². The van der Waals surface area contributed by atoms with E-state index in [4.69, 9.17) is 0 Å². The van der Waals surface area contributed by atoms with Crippen LogP contribution in [0.1, 0.15) is 29.8 Å². The zero-order valence-corrected chi connectivity index (χ0v) is 15.5. The van der Waals surface area contributed by atoms with Gasteiger partial charge in [0.2, 0.25) is 0 Å². The van der Waals surface area contributed by atoms with Gasteiger partial charge in [0.15, 0.2) is 0 Å². The average Bonchev–Trinajstić information content (AvgIpc) is 3.23. The van der Waals surface area contributed by atoms with Gasteiger partial charge in [0.05, 0.1) is 6.20 Å². The molecule has 28 heavy (non-hydrogen) atoms. The maximum atomic E-state index is 4.44. The summed E-state index contributed by atoms with van der Waals surface area (Å²) in [6, 6.07) is 25.3. The van der Waals surface area contributed by atoms with Gasteiger partial charge in [-0.3, -0.25) is 9.88 Å². The quantitative estimate of drug-likeness (QED) is 0.522. The first kappa shape index (κ1) is 16.8. The van der Waals surface area contributed by atoms with Gasteiger partial charge in [-0.2, -0.15) is 0 Å². The lowest BCUT2D eigenvalue weighted by molar-refractivity contribution is -0.0491. The molecule has 0 saturated carbocycles. The first-order valence-electron chi connectivity index (χ1n) is 9.55.